The van der Waals surface area contributed by atoms with Crippen LogP contribution in [0.3, 0.4) is 0 Å². The lowest BCUT2D eigenvalue weighted by molar-refractivity contribution is 0.209. The summed E-state index contributed by atoms with van der Waals surface area (Å²) in [4.78, 5) is 10.9. The lowest BCUT2D eigenvalue weighted by Gasteiger charge is -2.28. The summed E-state index contributed by atoms with van der Waals surface area (Å²) in [5, 5.41) is 0. The molecule has 3 aromatic rings. The molecule has 0 aliphatic carbocycles. The molecular formula is C19H18F2N4. The van der Waals surface area contributed by atoms with Gasteiger partial charge in [0.25, 0.3) is 0 Å². The lowest BCUT2D eigenvalue weighted by atomic mass is 10.1. The first-order valence-electron chi connectivity index (χ1n) is 8.28. The minimum Gasteiger partial charge on any atom is -0.329 e. The number of hydrogen-bond acceptors (Lipinski definition) is 3. The zero-order valence-corrected chi connectivity index (χ0v) is 13.7. The highest BCUT2D eigenvalue weighted by Gasteiger charge is 2.20. The average Bonchev–Trinajstić information content (AvgIpc) is 3.01. The van der Waals surface area contributed by atoms with E-state index in [4.69, 9.17) is 0 Å². The fraction of sp³-hybridized carbons (Fsp3) is 0.263. The number of hydrogen-bond donors (Lipinski definition) is 0. The second kappa shape index (κ2) is 6.72. The monoisotopic (exact) mass is 340 g/mol. The van der Waals surface area contributed by atoms with Crippen molar-refractivity contribution in [1.29, 1.82) is 0 Å². The number of benzene rings is 1. The Hall–Kier alpha value is -2.60. The zero-order valence-electron chi connectivity index (χ0n) is 13.7. The van der Waals surface area contributed by atoms with E-state index >= 15 is 0 Å². The maximum Gasteiger partial charge on any atom is 0.141 e. The summed E-state index contributed by atoms with van der Waals surface area (Å²) < 4.78 is 28.2. The first-order valence-corrected chi connectivity index (χ1v) is 8.28. The van der Waals surface area contributed by atoms with Crippen molar-refractivity contribution in [2.24, 2.45) is 0 Å². The summed E-state index contributed by atoms with van der Waals surface area (Å²) in [6.07, 6.45) is 3.85. The molecule has 1 aromatic carbocycles. The van der Waals surface area contributed by atoms with E-state index in [0.717, 1.165) is 42.4 Å². The maximum absolute atomic E-state index is 13.0. The van der Waals surface area contributed by atoms with Crippen molar-refractivity contribution >= 4 is 0 Å². The van der Waals surface area contributed by atoms with E-state index in [0.29, 0.717) is 13.0 Å². The minimum atomic E-state index is -0.314. The molecule has 0 unspecified atom stereocenters. The third-order valence-electron chi connectivity index (χ3n) is 4.50. The summed E-state index contributed by atoms with van der Waals surface area (Å²) in [6.45, 7) is 3.22. The van der Waals surface area contributed by atoms with Gasteiger partial charge >= 0.3 is 0 Å². The van der Waals surface area contributed by atoms with Crippen molar-refractivity contribution in [3.63, 3.8) is 0 Å². The first-order chi connectivity index (χ1) is 12.2. The van der Waals surface area contributed by atoms with Crippen molar-refractivity contribution in [2.45, 2.75) is 26.1 Å². The van der Waals surface area contributed by atoms with Gasteiger partial charge in [-0.15, -0.1) is 0 Å². The Morgan fingerprint density at radius 3 is 2.44 bits per heavy atom. The molecule has 0 spiro atoms. The molecule has 128 valence electrons. The summed E-state index contributed by atoms with van der Waals surface area (Å²) in [5.74, 6) is 0.464. The van der Waals surface area contributed by atoms with Gasteiger partial charge in [0, 0.05) is 38.8 Å². The summed E-state index contributed by atoms with van der Waals surface area (Å²) in [5.41, 5.74) is 3.07. The van der Waals surface area contributed by atoms with Crippen LogP contribution in [-0.4, -0.2) is 26.0 Å². The second-order valence-electron chi connectivity index (χ2n) is 6.30. The van der Waals surface area contributed by atoms with Crippen LogP contribution < -0.4 is 0 Å². The highest BCUT2D eigenvalue weighted by Crippen LogP contribution is 2.19. The molecule has 2 aromatic heterocycles. The van der Waals surface area contributed by atoms with Crippen molar-refractivity contribution < 1.29 is 8.78 Å². The van der Waals surface area contributed by atoms with Gasteiger partial charge in [0.2, 0.25) is 0 Å². The average molecular weight is 340 g/mol. The molecule has 0 atom stereocenters. The number of halogens is 2. The van der Waals surface area contributed by atoms with Crippen LogP contribution >= 0.6 is 0 Å². The zero-order chi connectivity index (χ0) is 17.2. The molecule has 3 heterocycles. The first kappa shape index (κ1) is 15.9. The molecule has 0 amide bonds. The van der Waals surface area contributed by atoms with Gasteiger partial charge in [-0.25, -0.2) is 13.8 Å². The van der Waals surface area contributed by atoms with Crippen molar-refractivity contribution in [3.05, 3.63) is 83.2 Å². The Kier molecular flexibility index (Phi) is 4.28. The molecule has 25 heavy (non-hydrogen) atoms. The number of fused-ring (bicyclic) bond motifs is 1. The molecule has 0 saturated heterocycles. The van der Waals surface area contributed by atoms with E-state index in [-0.39, 0.29) is 11.6 Å². The second-order valence-corrected chi connectivity index (χ2v) is 6.30. The van der Waals surface area contributed by atoms with Crippen LogP contribution in [0.25, 0.3) is 0 Å². The van der Waals surface area contributed by atoms with Gasteiger partial charge < -0.3 is 4.57 Å². The number of imidazole rings is 1. The number of nitrogens with zero attached hydrogens (tertiary/aromatic N) is 4. The van der Waals surface area contributed by atoms with E-state index in [1.165, 1.54) is 24.4 Å². The summed E-state index contributed by atoms with van der Waals surface area (Å²) in [6, 6.07) is 9.72. The lowest BCUT2D eigenvalue weighted by Crippen LogP contribution is -2.33. The number of aromatic nitrogens is 3. The van der Waals surface area contributed by atoms with Gasteiger partial charge in [-0.3, -0.25) is 9.88 Å². The number of pyridine rings is 1. The minimum absolute atomic E-state index is 0.223. The quantitative estimate of drug-likeness (QED) is 0.732. The standard InChI is InChI=1S/C19H18F2N4/c20-15-3-1-14(2-4-15)9-19-23-11-18-13-24(7-8-25(18)19)12-17-6-5-16(21)10-22-17/h1-6,10-11H,7-9,12-13H2. The third kappa shape index (κ3) is 3.58. The van der Waals surface area contributed by atoms with Gasteiger partial charge in [0.05, 0.1) is 17.6 Å². The van der Waals surface area contributed by atoms with Gasteiger partial charge in [0.1, 0.15) is 17.5 Å². The summed E-state index contributed by atoms with van der Waals surface area (Å²) >= 11 is 0. The highest BCUT2D eigenvalue weighted by molar-refractivity contribution is 5.22. The van der Waals surface area contributed by atoms with Crippen molar-refractivity contribution in [3.8, 4) is 0 Å². The Labute approximate surface area is 144 Å². The Bertz CT molecular complexity index is 856. The van der Waals surface area contributed by atoms with Crippen LogP contribution in [0.15, 0.2) is 48.8 Å². The molecule has 6 heteroatoms. The number of rotatable bonds is 4. The van der Waals surface area contributed by atoms with Crippen LogP contribution in [-0.2, 0) is 26.1 Å². The van der Waals surface area contributed by atoms with Gasteiger partial charge in [-0.1, -0.05) is 12.1 Å². The van der Waals surface area contributed by atoms with E-state index in [9.17, 15) is 8.78 Å². The van der Waals surface area contributed by atoms with E-state index < -0.39 is 0 Å². The Balaban J connectivity index is 1.45. The van der Waals surface area contributed by atoms with Gasteiger partial charge in [0.15, 0.2) is 0 Å². The molecule has 0 fully saturated rings. The molecule has 1 aliphatic heterocycles. The molecule has 1 aliphatic rings. The molecule has 0 saturated carbocycles. The van der Waals surface area contributed by atoms with Gasteiger partial charge in [-0.2, -0.15) is 0 Å². The van der Waals surface area contributed by atoms with Crippen LogP contribution in [0.5, 0.6) is 0 Å². The highest BCUT2D eigenvalue weighted by atomic mass is 19.1. The smallest absolute Gasteiger partial charge is 0.141 e. The van der Waals surface area contributed by atoms with Crippen molar-refractivity contribution in [1.82, 2.24) is 19.4 Å². The molecule has 0 radical (unpaired) electrons. The fourth-order valence-electron chi connectivity index (χ4n) is 3.19. The molecule has 0 bridgehead atoms. The van der Waals surface area contributed by atoms with Crippen LogP contribution in [0, 0.1) is 11.6 Å². The van der Waals surface area contributed by atoms with Crippen molar-refractivity contribution in [2.75, 3.05) is 6.54 Å². The Morgan fingerprint density at radius 2 is 1.68 bits per heavy atom. The summed E-state index contributed by atoms with van der Waals surface area (Å²) in [7, 11) is 0. The molecular weight excluding hydrogens is 322 g/mol. The van der Waals surface area contributed by atoms with E-state index in [2.05, 4.69) is 19.4 Å². The third-order valence-corrected chi connectivity index (χ3v) is 4.50. The van der Waals surface area contributed by atoms with E-state index in [1.807, 2.05) is 6.20 Å². The topological polar surface area (TPSA) is 34.0 Å². The van der Waals surface area contributed by atoms with Gasteiger partial charge in [-0.05, 0) is 29.8 Å². The normalized spacial score (nSPS) is 14.5. The predicted molar refractivity (Wildman–Crippen MR) is 89.7 cm³/mol. The predicted octanol–water partition coefficient (Wildman–Crippen LogP) is 3.16. The largest absolute Gasteiger partial charge is 0.329 e. The molecule has 4 rings (SSSR count). The maximum atomic E-state index is 13.0. The van der Waals surface area contributed by atoms with Crippen LogP contribution in [0.4, 0.5) is 8.78 Å². The van der Waals surface area contributed by atoms with E-state index in [1.54, 1.807) is 18.2 Å². The Morgan fingerprint density at radius 1 is 0.880 bits per heavy atom. The SMILES string of the molecule is Fc1ccc(Cc2ncc3n2CCN(Cc2ccc(F)cn2)C3)cc1. The van der Waals surface area contributed by atoms with Crippen LogP contribution in [0.1, 0.15) is 22.8 Å². The fourth-order valence-corrected chi connectivity index (χ4v) is 3.19. The molecule has 0 N–H and O–H groups in total. The van der Waals surface area contributed by atoms with Crippen LogP contribution in [0.2, 0.25) is 0 Å². The molecule has 4 nitrogen and oxygen atoms in total.